The van der Waals surface area contributed by atoms with Gasteiger partial charge in [-0.05, 0) is 75.2 Å². The predicted molar refractivity (Wildman–Crippen MR) is 136 cm³/mol. The highest BCUT2D eigenvalue weighted by molar-refractivity contribution is 5.94. The maximum atomic E-state index is 13.8. The van der Waals surface area contributed by atoms with Gasteiger partial charge in [0.15, 0.2) is 5.82 Å². The van der Waals surface area contributed by atoms with Crippen molar-refractivity contribution in [3.05, 3.63) is 100 Å². The number of nitrogens with one attached hydrogen (secondary N) is 1. The minimum atomic E-state index is -0.829. The van der Waals surface area contributed by atoms with Crippen LogP contribution in [0.3, 0.4) is 0 Å². The Morgan fingerprint density at radius 2 is 1.63 bits per heavy atom. The van der Waals surface area contributed by atoms with Gasteiger partial charge in [0.05, 0.1) is 11.4 Å². The minimum absolute atomic E-state index is 0.320. The largest absolute Gasteiger partial charge is 0.324 e. The van der Waals surface area contributed by atoms with Crippen molar-refractivity contribution in [2.24, 2.45) is 0 Å². The molecule has 176 valence electrons. The van der Waals surface area contributed by atoms with Gasteiger partial charge in [0.2, 0.25) is 5.91 Å². The molecular formula is C27H26N6O2. The molecule has 5 rings (SSSR count). The van der Waals surface area contributed by atoms with Gasteiger partial charge >= 0.3 is 0 Å². The third-order valence-corrected chi connectivity index (χ3v) is 6.25. The third-order valence-electron chi connectivity index (χ3n) is 6.25. The minimum Gasteiger partial charge on any atom is -0.324 e. The Labute approximate surface area is 202 Å². The standard InChI is InChI=1S/C27H26N6O2/c1-17-12-13-21(16-18(17)2)28-25(34)20(4)32-27(35)23-24(19(3)29-32)30-33(22-10-6-5-7-11-22)26(23)31-14-8-9-15-31/h5-16,20H,1-4H3,(H,28,34)/t20-/m0/s1. The first-order valence-corrected chi connectivity index (χ1v) is 11.4. The summed E-state index contributed by atoms with van der Waals surface area (Å²) in [4.78, 5) is 26.9. The van der Waals surface area contributed by atoms with Crippen LogP contribution in [0.1, 0.15) is 29.8 Å². The van der Waals surface area contributed by atoms with Crippen LogP contribution in [0.5, 0.6) is 0 Å². The molecule has 8 heteroatoms. The zero-order chi connectivity index (χ0) is 24.7. The van der Waals surface area contributed by atoms with Crippen molar-refractivity contribution in [3.8, 4) is 11.5 Å². The van der Waals surface area contributed by atoms with E-state index < -0.39 is 6.04 Å². The van der Waals surface area contributed by atoms with Crippen LogP contribution in [0.25, 0.3) is 22.4 Å². The molecule has 0 aliphatic carbocycles. The fraction of sp³-hybridized carbons (Fsp3) is 0.185. The van der Waals surface area contributed by atoms with E-state index in [0.29, 0.717) is 28.1 Å². The molecule has 0 unspecified atom stereocenters. The average molecular weight is 467 g/mol. The molecule has 1 amide bonds. The van der Waals surface area contributed by atoms with Crippen LogP contribution < -0.4 is 10.9 Å². The molecule has 0 spiro atoms. The highest BCUT2D eigenvalue weighted by Gasteiger charge is 2.25. The molecule has 35 heavy (non-hydrogen) atoms. The number of carbonyl (C=O) groups excluding carboxylic acids is 1. The number of amides is 1. The van der Waals surface area contributed by atoms with E-state index in [1.807, 2.05) is 91.5 Å². The van der Waals surface area contributed by atoms with E-state index in [2.05, 4.69) is 10.4 Å². The molecule has 0 bridgehead atoms. The smallest absolute Gasteiger partial charge is 0.280 e. The number of hydrogen-bond donors (Lipinski definition) is 1. The van der Waals surface area contributed by atoms with E-state index >= 15 is 0 Å². The van der Waals surface area contributed by atoms with Crippen molar-refractivity contribution in [2.75, 3.05) is 5.32 Å². The van der Waals surface area contributed by atoms with Gasteiger partial charge in [0, 0.05) is 18.1 Å². The molecule has 0 aliphatic heterocycles. The Morgan fingerprint density at radius 1 is 0.914 bits per heavy atom. The van der Waals surface area contributed by atoms with Crippen LogP contribution in [-0.4, -0.2) is 30.0 Å². The van der Waals surface area contributed by atoms with Crippen molar-refractivity contribution in [3.63, 3.8) is 0 Å². The van der Waals surface area contributed by atoms with Crippen molar-refractivity contribution >= 4 is 22.5 Å². The summed E-state index contributed by atoms with van der Waals surface area (Å²) in [5, 5.41) is 12.5. The number of aryl methyl sites for hydroxylation is 3. The summed E-state index contributed by atoms with van der Waals surface area (Å²) in [7, 11) is 0. The Hall–Kier alpha value is -4.46. The number of nitrogens with zero attached hydrogens (tertiary/aromatic N) is 5. The molecule has 8 nitrogen and oxygen atoms in total. The summed E-state index contributed by atoms with van der Waals surface area (Å²) in [6.45, 7) is 7.48. The van der Waals surface area contributed by atoms with Gasteiger partial charge in [-0.1, -0.05) is 24.3 Å². The molecule has 0 radical (unpaired) electrons. The third kappa shape index (κ3) is 3.93. The number of rotatable bonds is 5. The highest BCUT2D eigenvalue weighted by Crippen LogP contribution is 2.25. The zero-order valence-electron chi connectivity index (χ0n) is 20.1. The SMILES string of the molecule is Cc1ccc(NC(=O)[C@H](C)n2nc(C)c3nn(-c4ccccc4)c(-n4cccc4)c3c2=O)cc1C. The molecule has 3 heterocycles. The lowest BCUT2D eigenvalue weighted by Crippen LogP contribution is -2.34. The fourth-order valence-corrected chi connectivity index (χ4v) is 4.13. The van der Waals surface area contributed by atoms with Crippen LogP contribution in [0.4, 0.5) is 5.69 Å². The van der Waals surface area contributed by atoms with Crippen LogP contribution in [0.2, 0.25) is 0 Å². The first-order valence-electron chi connectivity index (χ1n) is 11.4. The van der Waals surface area contributed by atoms with Crippen molar-refractivity contribution < 1.29 is 4.79 Å². The van der Waals surface area contributed by atoms with Crippen molar-refractivity contribution in [1.29, 1.82) is 0 Å². The van der Waals surface area contributed by atoms with Gasteiger partial charge in [-0.2, -0.15) is 10.2 Å². The molecular weight excluding hydrogens is 440 g/mol. The first kappa shape index (κ1) is 22.3. The van der Waals surface area contributed by atoms with Gasteiger partial charge in [-0.25, -0.2) is 9.36 Å². The second-order valence-electron chi connectivity index (χ2n) is 8.68. The van der Waals surface area contributed by atoms with E-state index in [-0.39, 0.29) is 11.5 Å². The number of hydrogen-bond acceptors (Lipinski definition) is 4. The summed E-state index contributed by atoms with van der Waals surface area (Å²) in [6.07, 6.45) is 3.73. The molecule has 5 aromatic rings. The number of fused-ring (bicyclic) bond motifs is 1. The van der Waals surface area contributed by atoms with Gasteiger partial charge in [-0.15, -0.1) is 0 Å². The predicted octanol–water partition coefficient (Wildman–Crippen LogP) is 4.50. The second kappa shape index (κ2) is 8.72. The number of para-hydroxylation sites is 1. The van der Waals surface area contributed by atoms with Crippen molar-refractivity contribution in [1.82, 2.24) is 24.1 Å². The number of benzene rings is 2. The Balaban J connectivity index is 1.64. The van der Waals surface area contributed by atoms with Gasteiger partial charge in [-0.3, -0.25) is 9.59 Å². The lowest BCUT2D eigenvalue weighted by atomic mass is 10.1. The maximum absolute atomic E-state index is 13.8. The topological polar surface area (TPSA) is 86.7 Å². The van der Waals surface area contributed by atoms with Crippen LogP contribution in [0.15, 0.2) is 77.9 Å². The quantitative estimate of drug-likeness (QED) is 0.413. The van der Waals surface area contributed by atoms with Gasteiger partial charge < -0.3 is 9.88 Å². The highest BCUT2D eigenvalue weighted by atomic mass is 16.2. The molecule has 0 saturated heterocycles. The van der Waals surface area contributed by atoms with Gasteiger partial charge in [0.25, 0.3) is 5.56 Å². The molecule has 1 atom stereocenters. The summed E-state index contributed by atoms with van der Waals surface area (Å²) in [6, 6.07) is 18.3. The van der Waals surface area contributed by atoms with E-state index in [0.717, 1.165) is 16.8 Å². The molecule has 3 aromatic heterocycles. The Morgan fingerprint density at radius 3 is 2.31 bits per heavy atom. The summed E-state index contributed by atoms with van der Waals surface area (Å²) < 4.78 is 4.84. The Bertz CT molecular complexity index is 1600. The lowest BCUT2D eigenvalue weighted by molar-refractivity contribution is -0.119. The monoisotopic (exact) mass is 466 g/mol. The van der Waals surface area contributed by atoms with Gasteiger partial charge in [0.1, 0.15) is 16.9 Å². The number of aromatic nitrogens is 5. The zero-order valence-corrected chi connectivity index (χ0v) is 20.1. The lowest BCUT2D eigenvalue weighted by Gasteiger charge is -2.16. The van der Waals surface area contributed by atoms with Crippen molar-refractivity contribution in [2.45, 2.75) is 33.7 Å². The second-order valence-corrected chi connectivity index (χ2v) is 8.68. The van der Waals surface area contributed by atoms with Crippen LogP contribution in [-0.2, 0) is 4.79 Å². The maximum Gasteiger partial charge on any atom is 0.280 e. The summed E-state index contributed by atoms with van der Waals surface area (Å²) >= 11 is 0. The van der Waals surface area contributed by atoms with Crippen LogP contribution >= 0.6 is 0 Å². The normalized spacial score (nSPS) is 12.1. The fourth-order valence-electron chi connectivity index (χ4n) is 4.13. The van der Waals surface area contributed by atoms with E-state index in [4.69, 9.17) is 5.10 Å². The van der Waals surface area contributed by atoms with E-state index in [1.165, 1.54) is 4.68 Å². The average Bonchev–Trinajstić information content (AvgIpc) is 3.52. The molecule has 0 saturated carbocycles. The number of carbonyl (C=O) groups is 1. The molecule has 1 N–H and O–H groups in total. The summed E-state index contributed by atoms with van der Waals surface area (Å²) in [5.41, 5.74) is 4.41. The molecule has 0 aliphatic rings. The van der Waals surface area contributed by atoms with E-state index in [9.17, 15) is 9.59 Å². The molecule has 0 fully saturated rings. The summed E-state index contributed by atoms with van der Waals surface area (Å²) in [5.74, 6) is 0.279. The molecule has 2 aromatic carbocycles. The first-order chi connectivity index (χ1) is 16.8. The number of anilines is 1. The Kier molecular flexibility index (Phi) is 5.56. The van der Waals surface area contributed by atoms with Crippen LogP contribution in [0, 0.1) is 20.8 Å². The van der Waals surface area contributed by atoms with E-state index in [1.54, 1.807) is 18.5 Å².